The van der Waals surface area contributed by atoms with Crippen molar-refractivity contribution in [3.05, 3.63) is 70.4 Å². The molecule has 0 saturated carbocycles. The van der Waals surface area contributed by atoms with Crippen molar-refractivity contribution in [2.45, 2.75) is 6.92 Å². The van der Waals surface area contributed by atoms with E-state index in [0.717, 1.165) is 5.56 Å². The molecule has 3 rings (SSSR count). The third-order valence-electron chi connectivity index (χ3n) is 3.34. The molecule has 0 atom stereocenters. The van der Waals surface area contributed by atoms with E-state index in [1.54, 1.807) is 24.3 Å². The van der Waals surface area contributed by atoms with Crippen LogP contribution in [0.2, 0.25) is 0 Å². The number of carbonyl (C=O) groups is 2. The van der Waals surface area contributed by atoms with Crippen LogP contribution in [0.1, 0.15) is 25.6 Å². The lowest BCUT2D eigenvalue weighted by Crippen LogP contribution is -2.41. The minimum absolute atomic E-state index is 0.328. The van der Waals surface area contributed by atoms with Crippen LogP contribution in [0.5, 0.6) is 0 Å². The zero-order valence-corrected chi connectivity index (χ0v) is 13.0. The Bertz CT molecular complexity index is 887. The predicted molar refractivity (Wildman–Crippen MR) is 87.9 cm³/mol. The van der Waals surface area contributed by atoms with Crippen molar-refractivity contribution < 1.29 is 14.0 Å². The van der Waals surface area contributed by atoms with Gasteiger partial charge in [-0.3, -0.25) is 20.4 Å². The molecule has 3 aromatic rings. The summed E-state index contributed by atoms with van der Waals surface area (Å²) in [6, 6.07) is 13.1. The number of thiophene rings is 1. The van der Waals surface area contributed by atoms with Gasteiger partial charge in [-0.25, -0.2) is 4.39 Å². The number of benzene rings is 2. The van der Waals surface area contributed by atoms with E-state index in [4.69, 9.17) is 0 Å². The molecule has 6 heteroatoms. The summed E-state index contributed by atoms with van der Waals surface area (Å²) in [6.45, 7) is 1.92. The molecule has 0 aliphatic carbocycles. The molecule has 0 aliphatic rings. The van der Waals surface area contributed by atoms with Crippen LogP contribution in [0.4, 0.5) is 4.39 Å². The number of carbonyl (C=O) groups excluding carboxylic acids is 2. The van der Waals surface area contributed by atoms with E-state index in [0.29, 0.717) is 20.5 Å². The topological polar surface area (TPSA) is 58.2 Å². The maximum atomic E-state index is 13.6. The van der Waals surface area contributed by atoms with Crippen molar-refractivity contribution in [1.29, 1.82) is 0 Å². The average molecular weight is 328 g/mol. The molecule has 116 valence electrons. The molecule has 1 aromatic heterocycles. The van der Waals surface area contributed by atoms with Crippen molar-refractivity contribution in [2.75, 3.05) is 0 Å². The lowest BCUT2D eigenvalue weighted by Gasteiger charge is -2.06. The summed E-state index contributed by atoms with van der Waals surface area (Å²) in [5, 5.41) is 0.396. The first-order valence-corrected chi connectivity index (χ1v) is 7.71. The minimum Gasteiger partial charge on any atom is -0.267 e. The lowest BCUT2D eigenvalue weighted by molar-refractivity contribution is 0.0849. The van der Waals surface area contributed by atoms with Crippen molar-refractivity contribution in [3.63, 3.8) is 0 Å². The van der Waals surface area contributed by atoms with Crippen LogP contribution in [-0.4, -0.2) is 11.8 Å². The fraction of sp³-hybridized carbons (Fsp3) is 0.0588. The Hall–Kier alpha value is -2.73. The normalized spacial score (nSPS) is 10.5. The Kier molecular flexibility index (Phi) is 4.08. The highest BCUT2D eigenvalue weighted by Crippen LogP contribution is 2.27. The Balaban J connectivity index is 1.69. The Morgan fingerprint density at radius 1 is 1.00 bits per heavy atom. The van der Waals surface area contributed by atoms with E-state index in [9.17, 15) is 14.0 Å². The fourth-order valence-corrected chi connectivity index (χ4v) is 3.06. The molecule has 1 heterocycles. The van der Waals surface area contributed by atoms with E-state index < -0.39 is 11.8 Å². The standard InChI is InChI=1S/C17H13FN2O2S/c1-10-5-7-11(8-6-10)16(21)19-20-17(22)15-9-12-13(18)3-2-4-14(12)23-15/h2-9H,1H3,(H,19,21)(H,20,22). The zero-order chi connectivity index (χ0) is 16.4. The maximum Gasteiger partial charge on any atom is 0.279 e. The molecular formula is C17H13FN2O2S. The van der Waals surface area contributed by atoms with Gasteiger partial charge in [0.15, 0.2) is 0 Å². The number of hydrogen-bond acceptors (Lipinski definition) is 3. The van der Waals surface area contributed by atoms with Gasteiger partial charge in [0.2, 0.25) is 0 Å². The van der Waals surface area contributed by atoms with Crippen LogP contribution in [-0.2, 0) is 0 Å². The zero-order valence-electron chi connectivity index (χ0n) is 12.2. The van der Waals surface area contributed by atoms with Gasteiger partial charge in [-0.1, -0.05) is 23.8 Å². The van der Waals surface area contributed by atoms with Crippen LogP contribution >= 0.6 is 11.3 Å². The molecular weight excluding hydrogens is 315 g/mol. The van der Waals surface area contributed by atoms with Crippen LogP contribution in [0.3, 0.4) is 0 Å². The highest BCUT2D eigenvalue weighted by molar-refractivity contribution is 7.20. The van der Waals surface area contributed by atoms with Crippen LogP contribution in [0.15, 0.2) is 48.5 Å². The van der Waals surface area contributed by atoms with E-state index in [1.807, 2.05) is 19.1 Å². The summed E-state index contributed by atoms with van der Waals surface area (Å²) in [4.78, 5) is 24.3. The highest BCUT2D eigenvalue weighted by Gasteiger charge is 2.13. The molecule has 0 aliphatic heterocycles. The summed E-state index contributed by atoms with van der Waals surface area (Å²) < 4.78 is 14.3. The molecule has 0 saturated heterocycles. The number of halogens is 1. The van der Waals surface area contributed by atoms with Gasteiger partial charge in [0.05, 0.1) is 4.88 Å². The average Bonchev–Trinajstić information content (AvgIpc) is 2.99. The van der Waals surface area contributed by atoms with Gasteiger partial charge in [-0.05, 0) is 37.3 Å². The van der Waals surface area contributed by atoms with Crippen LogP contribution < -0.4 is 10.9 Å². The maximum absolute atomic E-state index is 13.6. The SMILES string of the molecule is Cc1ccc(C(=O)NNC(=O)c2cc3c(F)cccc3s2)cc1. The van der Waals surface area contributed by atoms with Crippen LogP contribution in [0, 0.1) is 12.7 Å². The summed E-state index contributed by atoms with van der Waals surface area (Å²) in [7, 11) is 0. The summed E-state index contributed by atoms with van der Waals surface area (Å²) >= 11 is 1.17. The van der Waals surface area contributed by atoms with E-state index in [-0.39, 0.29) is 5.82 Å². The first-order valence-electron chi connectivity index (χ1n) is 6.90. The number of rotatable bonds is 2. The predicted octanol–water partition coefficient (Wildman–Crippen LogP) is 3.42. The second kappa shape index (κ2) is 6.18. The van der Waals surface area contributed by atoms with Gasteiger partial charge in [0, 0.05) is 15.6 Å². The van der Waals surface area contributed by atoms with Gasteiger partial charge in [0.25, 0.3) is 11.8 Å². The van der Waals surface area contributed by atoms with Crippen molar-refractivity contribution in [2.24, 2.45) is 0 Å². The summed E-state index contributed by atoms with van der Waals surface area (Å²) in [5.41, 5.74) is 6.17. The molecule has 4 nitrogen and oxygen atoms in total. The number of amides is 2. The van der Waals surface area contributed by atoms with Gasteiger partial charge < -0.3 is 0 Å². The minimum atomic E-state index is -0.480. The molecule has 23 heavy (non-hydrogen) atoms. The summed E-state index contributed by atoms with van der Waals surface area (Å²) in [6.07, 6.45) is 0. The number of nitrogens with one attached hydrogen (secondary N) is 2. The number of hydrazine groups is 1. The Morgan fingerprint density at radius 3 is 2.39 bits per heavy atom. The molecule has 2 aromatic carbocycles. The van der Waals surface area contributed by atoms with Crippen molar-refractivity contribution in [3.8, 4) is 0 Å². The monoisotopic (exact) mass is 328 g/mol. The van der Waals surface area contributed by atoms with E-state index >= 15 is 0 Å². The van der Waals surface area contributed by atoms with Gasteiger partial charge in [0.1, 0.15) is 5.82 Å². The van der Waals surface area contributed by atoms with Crippen molar-refractivity contribution >= 4 is 33.2 Å². The van der Waals surface area contributed by atoms with E-state index in [1.165, 1.54) is 23.5 Å². The van der Waals surface area contributed by atoms with Gasteiger partial charge in [-0.2, -0.15) is 0 Å². The highest BCUT2D eigenvalue weighted by atomic mass is 32.1. The molecule has 0 bridgehead atoms. The molecule has 2 amide bonds. The second-order valence-corrected chi connectivity index (χ2v) is 6.12. The number of fused-ring (bicyclic) bond motifs is 1. The summed E-state index contributed by atoms with van der Waals surface area (Å²) in [5.74, 6) is -1.27. The number of aryl methyl sites for hydroxylation is 1. The van der Waals surface area contributed by atoms with Crippen molar-refractivity contribution in [1.82, 2.24) is 10.9 Å². The molecule has 0 radical (unpaired) electrons. The van der Waals surface area contributed by atoms with E-state index in [2.05, 4.69) is 10.9 Å². The number of hydrogen-bond donors (Lipinski definition) is 2. The van der Waals surface area contributed by atoms with Gasteiger partial charge in [-0.15, -0.1) is 11.3 Å². The lowest BCUT2D eigenvalue weighted by atomic mass is 10.1. The first-order chi connectivity index (χ1) is 11.0. The molecule has 0 spiro atoms. The smallest absolute Gasteiger partial charge is 0.267 e. The molecule has 0 unspecified atom stereocenters. The molecule has 2 N–H and O–H groups in total. The first kappa shape index (κ1) is 15.2. The van der Waals surface area contributed by atoms with Crippen LogP contribution in [0.25, 0.3) is 10.1 Å². The second-order valence-electron chi connectivity index (χ2n) is 5.04. The fourth-order valence-electron chi connectivity index (χ4n) is 2.09. The Morgan fingerprint density at radius 2 is 1.70 bits per heavy atom. The largest absolute Gasteiger partial charge is 0.279 e. The quantitative estimate of drug-likeness (QED) is 0.708. The van der Waals surface area contributed by atoms with Gasteiger partial charge >= 0.3 is 0 Å². The molecule has 0 fully saturated rings. The Labute approximate surface area is 135 Å². The third kappa shape index (κ3) is 3.22. The third-order valence-corrected chi connectivity index (χ3v) is 4.43.